The van der Waals surface area contributed by atoms with E-state index in [1.165, 1.54) is 0 Å². The number of Topliss-reactive ketones (excluding diaryl/α,β-unsaturated/α-hetero) is 1. The van der Waals surface area contributed by atoms with Crippen LogP contribution in [0.25, 0.3) is 0 Å². The summed E-state index contributed by atoms with van der Waals surface area (Å²) < 4.78 is 1.02. The molecule has 25 heavy (non-hydrogen) atoms. The second kappa shape index (κ2) is 6.03. The number of carbonyl (C=O) groups excluding carboxylic acids is 1. The molecule has 2 N–H and O–H groups in total. The van der Waals surface area contributed by atoms with E-state index in [1.54, 1.807) is 0 Å². The Kier molecular flexibility index (Phi) is 3.95. The number of para-hydroxylation sites is 2. The zero-order valence-corrected chi connectivity index (χ0v) is 16.0. The molecule has 1 aliphatic heterocycles. The Morgan fingerprint density at radius 3 is 2.56 bits per heavy atom. The number of ketones is 1. The molecular weight excluding hydrogens is 376 g/mol. The fraction of sp³-hybridized carbons (Fsp3) is 0.286. The van der Waals surface area contributed by atoms with Crippen molar-refractivity contribution in [2.75, 3.05) is 10.6 Å². The van der Waals surface area contributed by atoms with Gasteiger partial charge in [0.05, 0.1) is 17.4 Å². The lowest BCUT2D eigenvalue weighted by atomic mass is 9.73. The first-order valence-electron chi connectivity index (χ1n) is 8.57. The van der Waals surface area contributed by atoms with Crippen LogP contribution in [0.1, 0.15) is 38.3 Å². The first-order valence-corrected chi connectivity index (χ1v) is 9.37. The summed E-state index contributed by atoms with van der Waals surface area (Å²) in [5.74, 6) is 0.226. The topological polar surface area (TPSA) is 41.1 Å². The number of carbonyl (C=O) groups is 1. The van der Waals surface area contributed by atoms with Crippen LogP contribution in [0.5, 0.6) is 0 Å². The largest absolute Gasteiger partial charge is 0.372 e. The lowest BCUT2D eigenvalue weighted by Crippen LogP contribution is -2.31. The number of hydrogen-bond donors (Lipinski definition) is 2. The highest BCUT2D eigenvalue weighted by Gasteiger charge is 2.38. The maximum absolute atomic E-state index is 13.1. The predicted octanol–water partition coefficient (Wildman–Crippen LogP) is 5.67. The molecule has 1 atom stereocenters. The first kappa shape index (κ1) is 16.4. The molecule has 128 valence electrons. The minimum atomic E-state index is -0.146. The number of fused-ring (bicyclic) bond motifs is 1. The van der Waals surface area contributed by atoms with E-state index in [0.717, 1.165) is 39.1 Å². The fourth-order valence-corrected chi connectivity index (χ4v) is 4.24. The van der Waals surface area contributed by atoms with Gasteiger partial charge in [-0.3, -0.25) is 4.79 Å². The van der Waals surface area contributed by atoms with E-state index in [4.69, 9.17) is 0 Å². The molecule has 0 fully saturated rings. The molecule has 0 radical (unpaired) electrons. The molecule has 0 aromatic heterocycles. The van der Waals surface area contributed by atoms with E-state index in [1.807, 2.05) is 24.3 Å². The number of hydrogen-bond acceptors (Lipinski definition) is 3. The summed E-state index contributed by atoms with van der Waals surface area (Å²) >= 11 is 3.56. The van der Waals surface area contributed by atoms with Crippen LogP contribution in [0, 0.1) is 5.41 Å². The summed E-state index contributed by atoms with van der Waals surface area (Å²) in [6.45, 7) is 4.32. The van der Waals surface area contributed by atoms with E-state index in [-0.39, 0.29) is 17.2 Å². The molecule has 2 aliphatic rings. The van der Waals surface area contributed by atoms with Crippen LogP contribution >= 0.6 is 15.9 Å². The summed E-state index contributed by atoms with van der Waals surface area (Å²) in [5, 5.41) is 7.14. The van der Waals surface area contributed by atoms with Crippen molar-refractivity contribution >= 4 is 33.1 Å². The van der Waals surface area contributed by atoms with Gasteiger partial charge in [-0.05, 0) is 41.7 Å². The van der Waals surface area contributed by atoms with Crippen LogP contribution in [0.2, 0.25) is 0 Å². The molecule has 0 spiro atoms. The van der Waals surface area contributed by atoms with Crippen molar-refractivity contribution in [2.24, 2.45) is 5.41 Å². The minimum Gasteiger partial charge on any atom is -0.372 e. The van der Waals surface area contributed by atoms with E-state index < -0.39 is 0 Å². The van der Waals surface area contributed by atoms with Gasteiger partial charge in [-0.15, -0.1) is 0 Å². The summed E-state index contributed by atoms with van der Waals surface area (Å²) in [6, 6.07) is 16.2. The number of halogens is 1. The molecule has 0 amide bonds. The van der Waals surface area contributed by atoms with Crippen molar-refractivity contribution in [3.05, 3.63) is 69.8 Å². The minimum absolute atomic E-state index is 0.0238. The molecule has 1 heterocycles. The van der Waals surface area contributed by atoms with Crippen LogP contribution in [-0.2, 0) is 4.79 Å². The van der Waals surface area contributed by atoms with Crippen LogP contribution in [0.15, 0.2) is 64.3 Å². The highest BCUT2D eigenvalue weighted by atomic mass is 79.9. The van der Waals surface area contributed by atoms with Gasteiger partial charge in [-0.25, -0.2) is 0 Å². The van der Waals surface area contributed by atoms with Crippen molar-refractivity contribution in [1.82, 2.24) is 0 Å². The molecule has 4 rings (SSSR count). The van der Waals surface area contributed by atoms with Crippen molar-refractivity contribution in [3.63, 3.8) is 0 Å². The van der Waals surface area contributed by atoms with Gasteiger partial charge in [-0.2, -0.15) is 0 Å². The SMILES string of the molecule is CC1(C)CC(=O)C2=C(C1)Nc1ccccc1N[C@H]2c1cccc(Br)c1. The maximum atomic E-state index is 13.1. The van der Waals surface area contributed by atoms with Gasteiger partial charge in [0.2, 0.25) is 0 Å². The normalized spacial score (nSPS) is 21.6. The van der Waals surface area contributed by atoms with E-state index in [9.17, 15) is 4.79 Å². The zero-order valence-electron chi connectivity index (χ0n) is 14.4. The van der Waals surface area contributed by atoms with Crippen LogP contribution < -0.4 is 10.6 Å². The summed E-state index contributed by atoms with van der Waals surface area (Å²) in [7, 11) is 0. The molecule has 4 heteroatoms. The molecule has 2 aromatic rings. The van der Waals surface area contributed by atoms with E-state index >= 15 is 0 Å². The lowest BCUT2D eigenvalue weighted by molar-refractivity contribution is -0.118. The van der Waals surface area contributed by atoms with Crippen LogP contribution in [-0.4, -0.2) is 5.78 Å². The first-order chi connectivity index (χ1) is 11.9. The smallest absolute Gasteiger partial charge is 0.163 e. The molecule has 0 saturated carbocycles. The average Bonchev–Trinajstić information content (AvgIpc) is 2.70. The highest BCUT2D eigenvalue weighted by Crippen LogP contribution is 2.45. The van der Waals surface area contributed by atoms with Gasteiger partial charge >= 0.3 is 0 Å². The highest BCUT2D eigenvalue weighted by molar-refractivity contribution is 9.10. The number of nitrogens with one attached hydrogen (secondary N) is 2. The third-order valence-electron chi connectivity index (χ3n) is 4.90. The number of rotatable bonds is 1. The number of benzene rings is 2. The predicted molar refractivity (Wildman–Crippen MR) is 106 cm³/mol. The second-order valence-corrected chi connectivity index (χ2v) is 8.55. The monoisotopic (exact) mass is 396 g/mol. The third-order valence-corrected chi connectivity index (χ3v) is 5.40. The quantitative estimate of drug-likeness (QED) is 0.651. The molecule has 0 unspecified atom stereocenters. The summed E-state index contributed by atoms with van der Waals surface area (Å²) in [5.41, 5.74) is 5.03. The fourth-order valence-electron chi connectivity index (χ4n) is 3.83. The van der Waals surface area contributed by atoms with Gasteiger partial charge in [0.1, 0.15) is 0 Å². The zero-order chi connectivity index (χ0) is 17.6. The number of allylic oxidation sites excluding steroid dienone is 1. The Balaban J connectivity index is 1.90. The Hall–Kier alpha value is -2.07. The van der Waals surface area contributed by atoms with E-state index in [0.29, 0.717) is 6.42 Å². The summed E-state index contributed by atoms with van der Waals surface area (Å²) in [6.07, 6.45) is 1.45. The molecule has 2 aromatic carbocycles. The Bertz CT molecular complexity index is 885. The molecule has 0 bridgehead atoms. The van der Waals surface area contributed by atoms with Crippen LogP contribution in [0.4, 0.5) is 11.4 Å². The van der Waals surface area contributed by atoms with Gasteiger partial charge in [-0.1, -0.05) is 54.0 Å². The molecule has 3 nitrogen and oxygen atoms in total. The maximum Gasteiger partial charge on any atom is 0.163 e. The summed E-state index contributed by atoms with van der Waals surface area (Å²) in [4.78, 5) is 13.1. The molecule has 0 saturated heterocycles. The second-order valence-electron chi connectivity index (χ2n) is 7.64. The average molecular weight is 397 g/mol. The van der Waals surface area contributed by atoms with Crippen molar-refractivity contribution in [2.45, 2.75) is 32.7 Å². The molecular formula is C21H21BrN2O. The van der Waals surface area contributed by atoms with Crippen molar-refractivity contribution in [3.8, 4) is 0 Å². The third kappa shape index (κ3) is 3.11. The Morgan fingerprint density at radius 1 is 1.04 bits per heavy atom. The standard InChI is InChI=1S/C21H21BrN2O/c1-21(2)11-17-19(18(25)12-21)20(13-6-5-7-14(22)10-13)24-16-9-4-3-8-15(16)23-17/h3-10,20,23-24H,11-12H2,1-2H3/t20-/m0/s1. The number of anilines is 2. The van der Waals surface area contributed by atoms with Gasteiger partial charge in [0, 0.05) is 22.2 Å². The van der Waals surface area contributed by atoms with Crippen molar-refractivity contribution in [1.29, 1.82) is 0 Å². The van der Waals surface area contributed by atoms with Gasteiger partial charge < -0.3 is 10.6 Å². The Morgan fingerprint density at radius 2 is 1.80 bits per heavy atom. The molecule has 1 aliphatic carbocycles. The van der Waals surface area contributed by atoms with Gasteiger partial charge in [0.15, 0.2) is 5.78 Å². The van der Waals surface area contributed by atoms with Gasteiger partial charge in [0.25, 0.3) is 0 Å². The van der Waals surface area contributed by atoms with E-state index in [2.05, 4.69) is 64.7 Å². The van der Waals surface area contributed by atoms with Crippen LogP contribution in [0.3, 0.4) is 0 Å². The Labute approximate surface area is 156 Å². The van der Waals surface area contributed by atoms with Crippen molar-refractivity contribution < 1.29 is 4.79 Å². The lowest BCUT2D eigenvalue weighted by Gasteiger charge is -2.34.